The van der Waals surface area contributed by atoms with Crippen LogP contribution in [0.15, 0.2) is 54.6 Å². The highest BCUT2D eigenvalue weighted by Crippen LogP contribution is 2.57. The summed E-state index contributed by atoms with van der Waals surface area (Å²) < 4.78 is 12.4. The van der Waals surface area contributed by atoms with Gasteiger partial charge in [-0.2, -0.15) is 0 Å². The fraction of sp³-hybridized carbons (Fsp3) is 0.517. The number of allylic oxidation sites excluding steroid dienone is 4. The number of aromatic amines is 1. The Morgan fingerprint density at radius 3 is 2.15 bits per heavy atom. The highest BCUT2D eigenvalue weighted by Gasteiger charge is 2.52. The molecule has 0 atom stereocenters. The van der Waals surface area contributed by atoms with Gasteiger partial charge in [-0.1, -0.05) is 54.6 Å². The second-order valence-electron chi connectivity index (χ2n) is 11.4. The minimum absolute atomic E-state index is 0.0132. The molecule has 0 saturated heterocycles. The number of H-pyrrole nitrogens is 1. The van der Waals surface area contributed by atoms with Crippen molar-refractivity contribution in [3.8, 4) is 0 Å². The van der Waals surface area contributed by atoms with Gasteiger partial charge in [0.15, 0.2) is 5.69 Å². The van der Waals surface area contributed by atoms with Crippen LogP contribution in [0, 0.1) is 29.6 Å². The predicted molar refractivity (Wildman–Crippen MR) is 128 cm³/mol. The lowest BCUT2D eigenvalue weighted by molar-refractivity contribution is -0.169. The Balaban J connectivity index is 1.12. The summed E-state index contributed by atoms with van der Waals surface area (Å²) in [4.78, 5) is 21.5. The number of ether oxygens (including phenoxy) is 2. The second-order valence-corrected chi connectivity index (χ2v) is 11.4. The van der Waals surface area contributed by atoms with Crippen LogP contribution in [-0.4, -0.2) is 21.5 Å². The lowest BCUT2D eigenvalue weighted by Crippen LogP contribution is -2.51. The number of hydrogen-bond donors (Lipinski definition) is 1. The van der Waals surface area contributed by atoms with E-state index in [9.17, 15) is 4.79 Å². The monoisotopic (exact) mass is 456 g/mol. The van der Waals surface area contributed by atoms with Gasteiger partial charge in [-0.15, -0.1) is 0 Å². The highest BCUT2D eigenvalue weighted by atomic mass is 16.5. The van der Waals surface area contributed by atoms with E-state index in [0.717, 1.165) is 34.8 Å². The van der Waals surface area contributed by atoms with E-state index in [0.29, 0.717) is 24.1 Å². The standard InChI is InChI=1S/C29H32N2O3/c32-28(33-16-18-4-2-1-3-5-18)26-24(30-27(31-26)25-22-6-7-23(25)9-8-22)17-34-29-13-19-10-20(14-29)12-21(11-19)15-29/h1-9,19-23,25H,10-17H2,(H,30,31). The quantitative estimate of drug-likeness (QED) is 0.428. The van der Waals surface area contributed by atoms with Gasteiger partial charge >= 0.3 is 5.97 Å². The summed E-state index contributed by atoms with van der Waals surface area (Å²) in [6.07, 6.45) is 16.7. The van der Waals surface area contributed by atoms with Crippen LogP contribution in [-0.2, 0) is 22.7 Å². The van der Waals surface area contributed by atoms with E-state index in [1.54, 1.807) is 0 Å². The summed E-state index contributed by atoms with van der Waals surface area (Å²) in [7, 11) is 0. The van der Waals surface area contributed by atoms with E-state index in [4.69, 9.17) is 14.5 Å². The molecule has 1 aromatic carbocycles. The third-order valence-corrected chi connectivity index (χ3v) is 8.96. The van der Waals surface area contributed by atoms with Gasteiger partial charge < -0.3 is 14.5 Å². The van der Waals surface area contributed by atoms with Crippen molar-refractivity contribution in [1.29, 1.82) is 0 Å². The Bertz CT molecular complexity index is 1080. The van der Waals surface area contributed by atoms with Crippen LogP contribution in [0.5, 0.6) is 0 Å². The molecule has 0 radical (unpaired) electrons. The summed E-state index contributed by atoms with van der Waals surface area (Å²) in [5.74, 6) is 3.92. The van der Waals surface area contributed by atoms with Crippen LogP contribution in [0.1, 0.15) is 72.0 Å². The van der Waals surface area contributed by atoms with Gasteiger partial charge in [0.25, 0.3) is 0 Å². The third kappa shape index (κ3) is 3.56. The minimum Gasteiger partial charge on any atom is -0.456 e. The third-order valence-electron chi connectivity index (χ3n) is 8.96. The lowest BCUT2D eigenvalue weighted by atomic mass is 9.54. The molecule has 5 nitrogen and oxygen atoms in total. The smallest absolute Gasteiger partial charge is 0.359 e. The van der Waals surface area contributed by atoms with Crippen LogP contribution in [0.2, 0.25) is 0 Å². The first-order valence-electron chi connectivity index (χ1n) is 12.9. The van der Waals surface area contributed by atoms with Crippen LogP contribution in [0.3, 0.4) is 0 Å². The van der Waals surface area contributed by atoms with Crippen LogP contribution >= 0.6 is 0 Å². The molecule has 4 saturated carbocycles. The number of carbonyl (C=O) groups excluding carboxylic acids is 1. The number of carbonyl (C=O) groups is 1. The van der Waals surface area contributed by atoms with Gasteiger partial charge in [0.1, 0.15) is 12.4 Å². The van der Waals surface area contributed by atoms with E-state index < -0.39 is 0 Å². The molecule has 176 valence electrons. The Morgan fingerprint density at radius 2 is 1.53 bits per heavy atom. The first kappa shape index (κ1) is 20.7. The average molecular weight is 457 g/mol. The largest absolute Gasteiger partial charge is 0.456 e. The number of hydrogen-bond acceptors (Lipinski definition) is 4. The number of nitrogens with one attached hydrogen (secondary N) is 1. The number of esters is 1. The van der Waals surface area contributed by atoms with Gasteiger partial charge in [0.05, 0.1) is 17.9 Å². The summed E-state index contributed by atoms with van der Waals surface area (Å²) >= 11 is 0. The number of aromatic nitrogens is 2. The summed E-state index contributed by atoms with van der Waals surface area (Å²) in [5, 5.41) is 0. The molecule has 1 N–H and O–H groups in total. The molecule has 2 aromatic rings. The first-order valence-corrected chi connectivity index (χ1v) is 12.9. The zero-order valence-electron chi connectivity index (χ0n) is 19.5. The summed E-state index contributed by atoms with van der Waals surface area (Å²) in [5.41, 5.74) is 2.12. The maximum Gasteiger partial charge on any atom is 0.359 e. The maximum absolute atomic E-state index is 13.2. The van der Waals surface area contributed by atoms with Crippen molar-refractivity contribution in [2.24, 2.45) is 29.6 Å². The molecule has 8 rings (SSSR count). The topological polar surface area (TPSA) is 64.2 Å². The van der Waals surface area contributed by atoms with Gasteiger partial charge in [-0.3, -0.25) is 0 Å². The molecule has 6 aliphatic carbocycles. The molecule has 1 heterocycles. The molecular weight excluding hydrogens is 424 g/mol. The zero-order valence-corrected chi connectivity index (χ0v) is 19.5. The molecule has 5 heteroatoms. The predicted octanol–water partition coefficient (Wildman–Crippen LogP) is 5.71. The molecule has 34 heavy (non-hydrogen) atoms. The molecule has 0 aliphatic heterocycles. The van der Waals surface area contributed by atoms with E-state index in [1.807, 2.05) is 30.3 Å². The number of benzene rings is 1. The molecular formula is C29H32N2O3. The van der Waals surface area contributed by atoms with E-state index in [1.165, 1.54) is 38.5 Å². The number of imidazole rings is 1. The van der Waals surface area contributed by atoms with Gasteiger partial charge in [-0.25, -0.2) is 9.78 Å². The fourth-order valence-electron chi connectivity index (χ4n) is 7.83. The average Bonchev–Trinajstić information content (AvgIpc) is 3.55. The van der Waals surface area contributed by atoms with E-state index in [-0.39, 0.29) is 24.1 Å². The Morgan fingerprint density at radius 1 is 0.912 bits per heavy atom. The van der Waals surface area contributed by atoms with Crippen molar-refractivity contribution in [3.63, 3.8) is 0 Å². The van der Waals surface area contributed by atoms with Crippen molar-refractivity contribution in [2.45, 2.75) is 63.3 Å². The Kier molecular flexibility index (Phi) is 4.83. The fourth-order valence-corrected chi connectivity index (χ4v) is 7.83. The first-order chi connectivity index (χ1) is 16.6. The highest BCUT2D eigenvalue weighted by molar-refractivity contribution is 5.88. The molecule has 1 aromatic heterocycles. The van der Waals surface area contributed by atoms with Crippen molar-refractivity contribution in [2.75, 3.05) is 0 Å². The van der Waals surface area contributed by atoms with E-state index >= 15 is 0 Å². The molecule has 6 aliphatic rings. The van der Waals surface area contributed by atoms with Crippen LogP contribution < -0.4 is 0 Å². The van der Waals surface area contributed by atoms with Crippen molar-refractivity contribution in [3.05, 3.63) is 77.4 Å². The van der Waals surface area contributed by atoms with Crippen molar-refractivity contribution >= 4 is 5.97 Å². The van der Waals surface area contributed by atoms with Gasteiger partial charge in [0, 0.05) is 17.8 Å². The minimum atomic E-state index is -0.373. The lowest BCUT2D eigenvalue weighted by Gasteiger charge is -2.56. The number of rotatable bonds is 7. The normalized spacial score (nSPS) is 36.5. The Labute approximate surface area is 200 Å². The summed E-state index contributed by atoms with van der Waals surface area (Å²) in [6, 6.07) is 9.80. The van der Waals surface area contributed by atoms with Crippen molar-refractivity contribution in [1.82, 2.24) is 9.97 Å². The zero-order chi connectivity index (χ0) is 22.7. The second kappa shape index (κ2) is 7.94. The summed E-state index contributed by atoms with van der Waals surface area (Å²) in [6.45, 7) is 0.646. The Hall–Kier alpha value is -2.66. The molecule has 6 bridgehead atoms. The SMILES string of the molecule is O=C(OCc1ccccc1)c1nc(C2C3C=CC2C=C3)[nH]c1COC12CC3CC(CC(C3)C1)C2. The molecule has 0 unspecified atom stereocenters. The maximum atomic E-state index is 13.2. The van der Waals surface area contributed by atoms with Crippen LogP contribution in [0.25, 0.3) is 0 Å². The molecule has 4 fully saturated rings. The van der Waals surface area contributed by atoms with Crippen molar-refractivity contribution < 1.29 is 14.3 Å². The van der Waals surface area contributed by atoms with Crippen LogP contribution in [0.4, 0.5) is 0 Å². The molecule has 0 spiro atoms. The van der Waals surface area contributed by atoms with Gasteiger partial charge in [-0.05, 0) is 61.8 Å². The molecule has 0 amide bonds. The number of fused-ring (bicyclic) bond motifs is 2. The number of nitrogens with zero attached hydrogens (tertiary/aromatic N) is 1. The van der Waals surface area contributed by atoms with E-state index in [2.05, 4.69) is 29.3 Å². The van der Waals surface area contributed by atoms with Gasteiger partial charge in [0.2, 0.25) is 0 Å².